The molecule has 0 radical (unpaired) electrons. The van der Waals surface area contributed by atoms with Gasteiger partial charge < -0.3 is 10.1 Å². The summed E-state index contributed by atoms with van der Waals surface area (Å²) in [6.07, 6.45) is 9.32. The minimum atomic E-state index is 0.442. The zero-order valence-corrected chi connectivity index (χ0v) is 12.8. The van der Waals surface area contributed by atoms with Gasteiger partial charge in [0.15, 0.2) is 0 Å². The van der Waals surface area contributed by atoms with Crippen molar-refractivity contribution in [1.29, 1.82) is 0 Å². The molecule has 0 spiro atoms. The van der Waals surface area contributed by atoms with Gasteiger partial charge in [0, 0.05) is 6.04 Å². The number of hydrogen-bond acceptors (Lipinski definition) is 2. The number of nitrogens with one attached hydrogen (secondary N) is 1. The van der Waals surface area contributed by atoms with Crippen LogP contribution in [0.15, 0.2) is 18.2 Å². The number of hydrogen-bond donors (Lipinski definition) is 1. The highest BCUT2D eigenvalue weighted by atomic mass is 16.5. The average Bonchev–Trinajstić information content (AvgIpc) is 2.90. The summed E-state index contributed by atoms with van der Waals surface area (Å²) in [6.45, 7) is 2.31. The van der Waals surface area contributed by atoms with Gasteiger partial charge >= 0.3 is 0 Å². The standard InChI is InChI=1S/C18H27NO/c1-3-13-4-7-15(8-5-13)20-16-9-10-17-14(12-16)6-11-18(17)19-2/h9-10,12-13,15,18-19H,3-8,11H2,1-2H3. The Morgan fingerprint density at radius 1 is 1.15 bits per heavy atom. The molecule has 1 aromatic rings. The lowest BCUT2D eigenvalue weighted by atomic mass is 9.86. The fourth-order valence-electron chi connectivity index (χ4n) is 3.82. The van der Waals surface area contributed by atoms with Crippen molar-refractivity contribution in [1.82, 2.24) is 5.32 Å². The van der Waals surface area contributed by atoms with Gasteiger partial charge in [0.25, 0.3) is 0 Å². The number of aryl methyl sites for hydroxylation is 1. The van der Waals surface area contributed by atoms with E-state index in [9.17, 15) is 0 Å². The summed E-state index contributed by atoms with van der Waals surface area (Å²) in [5, 5.41) is 3.39. The second kappa shape index (κ2) is 6.17. The molecule has 0 heterocycles. The fraction of sp³-hybridized carbons (Fsp3) is 0.667. The summed E-state index contributed by atoms with van der Waals surface area (Å²) in [4.78, 5) is 0. The molecular formula is C18H27NO. The molecule has 3 rings (SSSR count). The summed E-state index contributed by atoms with van der Waals surface area (Å²) < 4.78 is 6.22. The molecule has 2 aliphatic rings. The molecule has 0 aliphatic heterocycles. The summed E-state index contributed by atoms with van der Waals surface area (Å²) in [7, 11) is 2.05. The number of fused-ring (bicyclic) bond motifs is 1. The van der Waals surface area contributed by atoms with E-state index in [-0.39, 0.29) is 0 Å². The normalized spacial score (nSPS) is 29.2. The Hall–Kier alpha value is -1.02. The summed E-state index contributed by atoms with van der Waals surface area (Å²) in [5.41, 5.74) is 2.94. The highest BCUT2D eigenvalue weighted by molar-refractivity contribution is 5.40. The zero-order chi connectivity index (χ0) is 13.9. The summed E-state index contributed by atoms with van der Waals surface area (Å²) in [6, 6.07) is 7.24. The molecule has 2 aliphatic carbocycles. The molecule has 1 atom stereocenters. The van der Waals surface area contributed by atoms with Crippen LogP contribution in [0, 0.1) is 5.92 Å². The first kappa shape index (κ1) is 13.9. The Morgan fingerprint density at radius 3 is 2.65 bits per heavy atom. The van der Waals surface area contributed by atoms with E-state index in [1.54, 1.807) is 0 Å². The van der Waals surface area contributed by atoms with Gasteiger partial charge in [0.2, 0.25) is 0 Å². The Balaban J connectivity index is 1.62. The third-order valence-corrected chi connectivity index (χ3v) is 5.21. The highest BCUT2D eigenvalue weighted by Gasteiger charge is 2.23. The van der Waals surface area contributed by atoms with Crippen LogP contribution in [0.2, 0.25) is 0 Å². The van der Waals surface area contributed by atoms with Crippen LogP contribution in [-0.4, -0.2) is 13.2 Å². The van der Waals surface area contributed by atoms with E-state index in [1.165, 1.54) is 56.1 Å². The van der Waals surface area contributed by atoms with Gasteiger partial charge in [0.05, 0.1) is 6.10 Å². The summed E-state index contributed by atoms with van der Waals surface area (Å²) >= 11 is 0. The molecule has 0 bridgehead atoms. The van der Waals surface area contributed by atoms with E-state index in [0.29, 0.717) is 12.1 Å². The molecule has 0 saturated heterocycles. The monoisotopic (exact) mass is 273 g/mol. The first-order chi connectivity index (χ1) is 9.80. The minimum absolute atomic E-state index is 0.442. The maximum absolute atomic E-state index is 6.22. The molecule has 1 N–H and O–H groups in total. The van der Waals surface area contributed by atoms with E-state index in [4.69, 9.17) is 4.74 Å². The largest absolute Gasteiger partial charge is 0.490 e. The molecular weight excluding hydrogens is 246 g/mol. The number of rotatable bonds is 4. The molecule has 1 unspecified atom stereocenters. The molecule has 2 heteroatoms. The van der Waals surface area contributed by atoms with Gasteiger partial charge in [-0.1, -0.05) is 19.4 Å². The van der Waals surface area contributed by atoms with Crippen molar-refractivity contribution >= 4 is 0 Å². The van der Waals surface area contributed by atoms with Gasteiger partial charge in [-0.25, -0.2) is 0 Å². The summed E-state index contributed by atoms with van der Waals surface area (Å²) in [5.74, 6) is 2.02. The maximum Gasteiger partial charge on any atom is 0.120 e. The lowest BCUT2D eigenvalue weighted by molar-refractivity contribution is 0.130. The third-order valence-electron chi connectivity index (χ3n) is 5.21. The number of ether oxygens (including phenoxy) is 1. The van der Waals surface area contributed by atoms with Crippen LogP contribution >= 0.6 is 0 Å². The Labute approximate surface area is 122 Å². The second-order valence-electron chi connectivity index (χ2n) is 6.41. The first-order valence-corrected chi connectivity index (χ1v) is 8.27. The highest BCUT2D eigenvalue weighted by Crippen LogP contribution is 2.35. The van der Waals surface area contributed by atoms with E-state index in [1.807, 2.05) is 0 Å². The van der Waals surface area contributed by atoms with Crippen LogP contribution in [0.3, 0.4) is 0 Å². The van der Waals surface area contributed by atoms with Crippen LogP contribution in [0.4, 0.5) is 0 Å². The predicted octanol–water partition coefficient (Wildman–Crippen LogP) is 4.24. The van der Waals surface area contributed by atoms with E-state index < -0.39 is 0 Å². The lowest BCUT2D eigenvalue weighted by Crippen LogP contribution is -2.23. The van der Waals surface area contributed by atoms with Crippen molar-refractivity contribution in [2.45, 2.75) is 64.0 Å². The average molecular weight is 273 g/mol. The molecule has 2 nitrogen and oxygen atoms in total. The third kappa shape index (κ3) is 2.85. The zero-order valence-electron chi connectivity index (χ0n) is 12.8. The Morgan fingerprint density at radius 2 is 1.95 bits per heavy atom. The van der Waals surface area contributed by atoms with Crippen molar-refractivity contribution in [2.24, 2.45) is 5.92 Å². The predicted molar refractivity (Wildman–Crippen MR) is 83.2 cm³/mol. The molecule has 0 aromatic heterocycles. The van der Waals surface area contributed by atoms with E-state index >= 15 is 0 Å². The van der Waals surface area contributed by atoms with Crippen molar-refractivity contribution in [3.8, 4) is 5.75 Å². The molecule has 20 heavy (non-hydrogen) atoms. The fourth-order valence-corrected chi connectivity index (χ4v) is 3.82. The molecule has 110 valence electrons. The molecule has 1 fully saturated rings. The van der Waals surface area contributed by atoms with Crippen LogP contribution < -0.4 is 10.1 Å². The van der Waals surface area contributed by atoms with E-state index in [2.05, 4.69) is 37.5 Å². The minimum Gasteiger partial charge on any atom is -0.490 e. The van der Waals surface area contributed by atoms with Gasteiger partial charge in [-0.05, 0) is 74.8 Å². The van der Waals surface area contributed by atoms with Gasteiger partial charge in [-0.2, -0.15) is 0 Å². The maximum atomic E-state index is 6.22. The Kier molecular flexibility index (Phi) is 4.30. The Bertz CT molecular complexity index is 449. The van der Waals surface area contributed by atoms with Crippen molar-refractivity contribution < 1.29 is 4.74 Å². The van der Waals surface area contributed by atoms with Crippen molar-refractivity contribution in [3.05, 3.63) is 29.3 Å². The van der Waals surface area contributed by atoms with Crippen molar-refractivity contribution in [2.75, 3.05) is 7.05 Å². The molecule has 1 aromatic carbocycles. The number of benzene rings is 1. The quantitative estimate of drug-likeness (QED) is 0.886. The van der Waals surface area contributed by atoms with Crippen LogP contribution in [0.25, 0.3) is 0 Å². The molecule has 1 saturated carbocycles. The van der Waals surface area contributed by atoms with Crippen LogP contribution in [0.1, 0.15) is 62.6 Å². The smallest absolute Gasteiger partial charge is 0.120 e. The van der Waals surface area contributed by atoms with Gasteiger partial charge in [0.1, 0.15) is 5.75 Å². The lowest BCUT2D eigenvalue weighted by Gasteiger charge is -2.28. The van der Waals surface area contributed by atoms with Crippen LogP contribution in [0.5, 0.6) is 5.75 Å². The topological polar surface area (TPSA) is 21.3 Å². The SMILES string of the molecule is CCC1CCC(Oc2ccc3c(c2)CCC3NC)CC1. The second-order valence-corrected chi connectivity index (χ2v) is 6.41. The van der Waals surface area contributed by atoms with E-state index in [0.717, 1.165) is 11.7 Å². The molecule has 0 amide bonds. The van der Waals surface area contributed by atoms with Gasteiger partial charge in [-0.15, -0.1) is 0 Å². The first-order valence-electron chi connectivity index (χ1n) is 8.27. The van der Waals surface area contributed by atoms with Crippen LogP contribution in [-0.2, 0) is 6.42 Å². The van der Waals surface area contributed by atoms with Crippen molar-refractivity contribution in [3.63, 3.8) is 0 Å². The van der Waals surface area contributed by atoms with Gasteiger partial charge in [-0.3, -0.25) is 0 Å².